The number of halogens is 1. The highest BCUT2D eigenvalue weighted by Gasteiger charge is 2.35. The van der Waals surface area contributed by atoms with Gasteiger partial charge in [0.2, 0.25) is 0 Å². The number of aryl methyl sites for hydroxylation is 1. The van der Waals surface area contributed by atoms with Gasteiger partial charge in [-0.15, -0.1) is 0 Å². The first kappa shape index (κ1) is 20.9. The Labute approximate surface area is 184 Å². The minimum atomic E-state index is -0.444. The number of amides is 2. The third-order valence-corrected chi connectivity index (χ3v) is 5.75. The van der Waals surface area contributed by atoms with Gasteiger partial charge in [-0.05, 0) is 42.5 Å². The Morgan fingerprint density at radius 3 is 2.58 bits per heavy atom. The van der Waals surface area contributed by atoms with E-state index in [0.717, 1.165) is 27.8 Å². The van der Waals surface area contributed by atoms with Gasteiger partial charge in [-0.3, -0.25) is 14.5 Å². The molecule has 0 N–H and O–H groups in total. The van der Waals surface area contributed by atoms with Gasteiger partial charge in [0.05, 0.1) is 11.4 Å². The van der Waals surface area contributed by atoms with E-state index in [1.165, 1.54) is 6.07 Å². The van der Waals surface area contributed by atoms with Gasteiger partial charge >= 0.3 is 0 Å². The molecule has 4 rings (SSSR count). The smallest absolute Gasteiger partial charge is 0.293 e. The van der Waals surface area contributed by atoms with Crippen molar-refractivity contribution in [1.29, 1.82) is 0 Å². The molecule has 156 valence electrons. The van der Waals surface area contributed by atoms with E-state index in [2.05, 4.69) is 6.07 Å². The van der Waals surface area contributed by atoms with Crippen LogP contribution < -0.4 is 4.74 Å². The summed E-state index contributed by atoms with van der Waals surface area (Å²) in [6.07, 6.45) is 1.65. The Morgan fingerprint density at radius 1 is 1.00 bits per heavy atom. The van der Waals surface area contributed by atoms with Gasteiger partial charge in [-0.2, -0.15) is 0 Å². The van der Waals surface area contributed by atoms with Crippen molar-refractivity contribution >= 4 is 29.0 Å². The molecule has 4 nitrogen and oxygen atoms in total. The van der Waals surface area contributed by atoms with Crippen LogP contribution in [-0.2, 0) is 17.9 Å². The number of para-hydroxylation sites is 1. The largest absolute Gasteiger partial charge is 0.488 e. The average molecular weight is 434 g/mol. The van der Waals surface area contributed by atoms with Crippen LogP contribution in [0.2, 0.25) is 0 Å². The zero-order valence-corrected chi connectivity index (χ0v) is 17.7. The molecule has 0 bridgehead atoms. The number of thioether (sulfide) groups is 1. The zero-order valence-electron chi connectivity index (χ0n) is 16.9. The number of imide groups is 1. The third-order valence-electron chi connectivity index (χ3n) is 4.84. The molecule has 0 radical (unpaired) electrons. The van der Waals surface area contributed by atoms with Gasteiger partial charge in [0.1, 0.15) is 18.2 Å². The number of carbonyl (C=O) groups excluding carboxylic acids is 2. The first-order chi connectivity index (χ1) is 15.0. The van der Waals surface area contributed by atoms with E-state index < -0.39 is 17.0 Å². The molecule has 0 unspecified atom stereocenters. The van der Waals surface area contributed by atoms with E-state index in [1.54, 1.807) is 24.3 Å². The molecule has 1 heterocycles. The maximum atomic E-state index is 14.0. The van der Waals surface area contributed by atoms with Crippen LogP contribution in [-0.4, -0.2) is 16.0 Å². The quantitative estimate of drug-likeness (QED) is 0.451. The number of carbonyl (C=O) groups is 2. The number of hydrogen-bond donors (Lipinski definition) is 0. The van der Waals surface area contributed by atoms with Crippen LogP contribution in [0.4, 0.5) is 9.18 Å². The fraction of sp³-hybridized carbons (Fsp3) is 0.120. The summed E-state index contributed by atoms with van der Waals surface area (Å²) in [6, 6.07) is 21.5. The average Bonchev–Trinajstić information content (AvgIpc) is 3.02. The van der Waals surface area contributed by atoms with Crippen LogP contribution in [0.1, 0.15) is 22.3 Å². The number of benzene rings is 3. The van der Waals surface area contributed by atoms with Gasteiger partial charge in [-0.25, -0.2) is 4.39 Å². The highest BCUT2D eigenvalue weighted by molar-refractivity contribution is 8.18. The van der Waals surface area contributed by atoms with E-state index >= 15 is 0 Å². The minimum Gasteiger partial charge on any atom is -0.488 e. The summed E-state index contributed by atoms with van der Waals surface area (Å²) in [5, 5.41) is -0.419. The van der Waals surface area contributed by atoms with Crippen molar-refractivity contribution in [2.24, 2.45) is 0 Å². The van der Waals surface area contributed by atoms with E-state index in [4.69, 9.17) is 4.74 Å². The summed E-state index contributed by atoms with van der Waals surface area (Å²) < 4.78 is 19.9. The fourth-order valence-corrected chi connectivity index (χ4v) is 4.10. The molecule has 0 atom stereocenters. The first-order valence-corrected chi connectivity index (χ1v) is 10.6. The topological polar surface area (TPSA) is 46.6 Å². The molecular weight excluding hydrogens is 413 g/mol. The summed E-state index contributed by atoms with van der Waals surface area (Å²) >= 11 is 0.847. The van der Waals surface area contributed by atoms with Gasteiger partial charge < -0.3 is 4.74 Å². The summed E-state index contributed by atoms with van der Waals surface area (Å²) in [5.74, 6) is -0.267. The van der Waals surface area contributed by atoms with Crippen molar-refractivity contribution in [3.63, 3.8) is 0 Å². The molecule has 6 heteroatoms. The van der Waals surface area contributed by atoms with Crippen molar-refractivity contribution in [1.82, 2.24) is 4.90 Å². The predicted octanol–water partition coefficient (Wildman–Crippen LogP) is 5.95. The summed E-state index contributed by atoms with van der Waals surface area (Å²) in [5.41, 5.74) is 3.19. The van der Waals surface area contributed by atoms with Crippen LogP contribution in [0, 0.1) is 12.7 Å². The van der Waals surface area contributed by atoms with Gasteiger partial charge in [0.15, 0.2) is 0 Å². The Kier molecular flexibility index (Phi) is 6.18. The molecule has 1 fully saturated rings. The second kappa shape index (κ2) is 9.18. The monoisotopic (exact) mass is 433 g/mol. The highest BCUT2D eigenvalue weighted by Crippen LogP contribution is 2.35. The number of nitrogens with zero attached hydrogens (tertiary/aromatic N) is 1. The molecule has 3 aromatic rings. The van der Waals surface area contributed by atoms with E-state index in [1.807, 2.05) is 49.4 Å². The highest BCUT2D eigenvalue weighted by atomic mass is 32.2. The molecule has 0 saturated carbocycles. The van der Waals surface area contributed by atoms with Gasteiger partial charge in [0, 0.05) is 11.1 Å². The molecule has 3 aromatic carbocycles. The van der Waals surface area contributed by atoms with Crippen LogP contribution in [0.25, 0.3) is 6.08 Å². The van der Waals surface area contributed by atoms with Crippen molar-refractivity contribution in [3.05, 3.63) is 106 Å². The second-order valence-electron chi connectivity index (χ2n) is 7.17. The Morgan fingerprint density at radius 2 is 1.77 bits per heavy atom. The van der Waals surface area contributed by atoms with E-state index in [9.17, 15) is 14.0 Å². The molecule has 1 aliphatic rings. The van der Waals surface area contributed by atoms with Crippen LogP contribution >= 0.6 is 11.8 Å². The van der Waals surface area contributed by atoms with E-state index in [-0.39, 0.29) is 11.4 Å². The predicted molar refractivity (Wildman–Crippen MR) is 120 cm³/mol. The molecule has 0 spiro atoms. The van der Waals surface area contributed by atoms with Crippen molar-refractivity contribution in [3.8, 4) is 5.75 Å². The number of ether oxygens (including phenoxy) is 1. The summed E-state index contributed by atoms with van der Waals surface area (Å²) in [7, 11) is 0. The Hall–Kier alpha value is -3.38. The summed E-state index contributed by atoms with van der Waals surface area (Å²) in [6.45, 7) is 2.32. The lowest BCUT2D eigenvalue weighted by molar-refractivity contribution is -0.123. The van der Waals surface area contributed by atoms with Crippen LogP contribution in [0.5, 0.6) is 5.75 Å². The van der Waals surface area contributed by atoms with Gasteiger partial charge in [-0.1, -0.05) is 66.2 Å². The normalized spacial score (nSPS) is 15.0. The standard InChI is InChI=1S/C25H20FNO3S/c1-17-7-6-8-18(13-17)16-30-22-12-5-3-9-19(22)14-23-24(28)27(25(29)31-23)15-20-10-2-4-11-21(20)26/h2-14H,15-16H2,1H3/b23-14-. The minimum absolute atomic E-state index is 0.0970. The zero-order chi connectivity index (χ0) is 21.8. The fourth-order valence-electron chi connectivity index (χ4n) is 3.27. The molecule has 1 saturated heterocycles. The lowest BCUT2D eigenvalue weighted by atomic mass is 10.1. The molecule has 0 aromatic heterocycles. The van der Waals surface area contributed by atoms with Crippen molar-refractivity contribution < 1.29 is 18.7 Å². The van der Waals surface area contributed by atoms with Gasteiger partial charge in [0.25, 0.3) is 11.1 Å². The third kappa shape index (κ3) is 4.86. The maximum Gasteiger partial charge on any atom is 0.293 e. The molecule has 2 amide bonds. The maximum absolute atomic E-state index is 14.0. The van der Waals surface area contributed by atoms with Crippen LogP contribution in [0.3, 0.4) is 0 Å². The van der Waals surface area contributed by atoms with E-state index in [0.29, 0.717) is 23.5 Å². The Bertz CT molecular complexity index is 1170. The molecular formula is C25H20FNO3S. The van der Waals surface area contributed by atoms with Crippen molar-refractivity contribution in [2.45, 2.75) is 20.1 Å². The Balaban J connectivity index is 1.53. The molecule has 31 heavy (non-hydrogen) atoms. The van der Waals surface area contributed by atoms with Crippen LogP contribution in [0.15, 0.2) is 77.7 Å². The first-order valence-electron chi connectivity index (χ1n) is 9.77. The SMILES string of the molecule is Cc1cccc(COc2ccccc2/C=C2\SC(=O)N(Cc3ccccc3F)C2=O)c1. The lowest BCUT2D eigenvalue weighted by Crippen LogP contribution is -2.27. The number of rotatable bonds is 6. The number of hydrogen-bond acceptors (Lipinski definition) is 4. The second-order valence-corrected chi connectivity index (χ2v) is 8.17. The summed E-state index contributed by atoms with van der Waals surface area (Å²) in [4.78, 5) is 26.6. The molecule has 1 aliphatic heterocycles. The lowest BCUT2D eigenvalue weighted by Gasteiger charge is -2.13. The molecule has 0 aliphatic carbocycles. The van der Waals surface area contributed by atoms with Crippen molar-refractivity contribution in [2.75, 3.05) is 0 Å².